The van der Waals surface area contributed by atoms with Crippen LogP contribution in [-0.4, -0.2) is 32.4 Å². The first kappa shape index (κ1) is 16.7. The van der Waals surface area contributed by atoms with Gasteiger partial charge in [-0.15, -0.1) is 0 Å². The number of nitrogens with zero attached hydrogens (tertiary/aromatic N) is 1. The summed E-state index contributed by atoms with van der Waals surface area (Å²) in [5, 5.41) is 11.7. The topological polar surface area (TPSA) is 97.7 Å². The molecule has 0 aromatic rings. The molecular weight excluding hydrogens is 283 g/mol. The third-order valence-electron chi connectivity index (χ3n) is 2.76. The van der Waals surface area contributed by atoms with Gasteiger partial charge in [0.05, 0.1) is 32.1 Å². The first-order valence-electron chi connectivity index (χ1n) is 6.35. The van der Waals surface area contributed by atoms with Crippen LogP contribution in [0.15, 0.2) is 11.5 Å². The predicted molar refractivity (Wildman–Crippen MR) is 71.6 cm³/mol. The Morgan fingerprint density at radius 3 is 2.45 bits per heavy atom. The van der Waals surface area contributed by atoms with Crippen molar-refractivity contribution in [3.8, 4) is 6.07 Å². The maximum Gasteiger partial charge on any atom is 0.331 e. The molecule has 20 heavy (non-hydrogen) atoms. The molecular formula is C12H19N2O5P. The van der Waals surface area contributed by atoms with E-state index in [4.69, 9.17) is 13.8 Å². The standard InChI is InChI=1S/C12H19N2O5P/c1-4-18-20(16,19-5-2)8-9-6-11(15)14-12(17-3)10(9)7-13/h9H,4-6,8H2,1-3H3,(H,14,15). The Labute approximate surface area is 118 Å². The summed E-state index contributed by atoms with van der Waals surface area (Å²) in [6, 6.07) is 1.99. The van der Waals surface area contributed by atoms with E-state index in [1.807, 2.05) is 6.07 Å². The van der Waals surface area contributed by atoms with E-state index in [2.05, 4.69) is 5.32 Å². The highest BCUT2D eigenvalue weighted by Gasteiger charge is 2.36. The molecule has 7 nitrogen and oxygen atoms in total. The van der Waals surface area contributed by atoms with Gasteiger partial charge in [0.25, 0.3) is 0 Å². The molecule has 0 aliphatic carbocycles. The van der Waals surface area contributed by atoms with Crippen LogP contribution < -0.4 is 5.32 Å². The van der Waals surface area contributed by atoms with Gasteiger partial charge >= 0.3 is 7.60 Å². The van der Waals surface area contributed by atoms with E-state index in [1.165, 1.54) is 7.11 Å². The summed E-state index contributed by atoms with van der Waals surface area (Å²) in [5.74, 6) is -0.716. The minimum Gasteiger partial charge on any atom is -0.482 e. The molecule has 112 valence electrons. The van der Waals surface area contributed by atoms with Gasteiger partial charge < -0.3 is 13.8 Å². The highest BCUT2D eigenvalue weighted by molar-refractivity contribution is 7.53. The van der Waals surface area contributed by atoms with E-state index in [0.717, 1.165) is 0 Å². The molecule has 1 atom stereocenters. The van der Waals surface area contributed by atoms with Gasteiger partial charge in [0.2, 0.25) is 11.8 Å². The van der Waals surface area contributed by atoms with Crippen molar-refractivity contribution in [1.82, 2.24) is 5.32 Å². The Morgan fingerprint density at radius 1 is 1.40 bits per heavy atom. The maximum absolute atomic E-state index is 12.5. The van der Waals surface area contributed by atoms with Gasteiger partial charge in [0, 0.05) is 12.3 Å². The van der Waals surface area contributed by atoms with E-state index in [1.54, 1.807) is 13.8 Å². The molecule has 0 aromatic heterocycles. The summed E-state index contributed by atoms with van der Waals surface area (Å²) in [6.07, 6.45) is 0.0394. The van der Waals surface area contributed by atoms with Crippen molar-refractivity contribution in [3.63, 3.8) is 0 Å². The highest BCUT2D eigenvalue weighted by atomic mass is 31.2. The normalized spacial score (nSPS) is 19.5. The first-order valence-corrected chi connectivity index (χ1v) is 8.08. The zero-order valence-corrected chi connectivity index (χ0v) is 12.7. The maximum atomic E-state index is 12.5. The molecule has 1 heterocycles. The summed E-state index contributed by atoms with van der Waals surface area (Å²) < 4.78 is 27.9. The number of carbonyl (C=O) groups excluding carboxylic acids is 1. The number of hydrogen-bond acceptors (Lipinski definition) is 6. The van der Waals surface area contributed by atoms with Gasteiger partial charge in [-0.3, -0.25) is 14.7 Å². The highest BCUT2D eigenvalue weighted by Crippen LogP contribution is 2.51. The van der Waals surface area contributed by atoms with Crippen LogP contribution >= 0.6 is 7.60 Å². The molecule has 0 bridgehead atoms. The van der Waals surface area contributed by atoms with E-state index in [9.17, 15) is 14.6 Å². The minimum absolute atomic E-state index is 0.0160. The van der Waals surface area contributed by atoms with Crippen LogP contribution in [0.25, 0.3) is 0 Å². The Hall–Kier alpha value is -1.35. The molecule has 1 N–H and O–H groups in total. The molecule has 0 aromatic carbocycles. The lowest BCUT2D eigenvalue weighted by Gasteiger charge is -2.26. The minimum atomic E-state index is -3.32. The van der Waals surface area contributed by atoms with Crippen LogP contribution in [0.3, 0.4) is 0 Å². The van der Waals surface area contributed by atoms with Crippen molar-refractivity contribution in [3.05, 3.63) is 11.5 Å². The van der Waals surface area contributed by atoms with Crippen LogP contribution in [0.4, 0.5) is 0 Å². The van der Waals surface area contributed by atoms with Gasteiger partial charge in [0.1, 0.15) is 6.07 Å². The summed E-state index contributed by atoms with van der Waals surface area (Å²) in [7, 11) is -1.96. The van der Waals surface area contributed by atoms with E-state index >= 15 is 0 Å². The third kappa shape index (κ3) is 4.07. The van der Waals surface area contributed by atoms with Crippen LogP contribution in [-0.2, 0) is 23.1 Å². The number of nitriles is 1. The monoisotopic (exact) mass is 302 g/mol. The van der Waals surface area contributed by atoms with E-state index in [-0.39, 0.29) is 43.2 Å². The lowest BCUT2D eigenvalue weighted by Crippen LogP contribution is -2.35. The SMILES string of the molecule is CCOP(=O)(CC1CC(=O)NC(OC)=C1C#N)OCC. The first-order chi connectivity index (χ1) is 9.49. The van der Waals surface area contributed by atoms with Gasteiger partial charge in [-0.1, -0.05) is 0 Å². The summed E-state index contributed by atoms with van der Waals surface area (Å²) in [4.78, 5) is 11.6. The average Bonchev–Trinajstić information content (AvgIpc) is 2.38. The lowest BCUT2D eigenvalue weighted by atomic mass is 9.95. The fourth-order valence-corrected chi connectivity index (χ4v) is 3.94. The number of ether oxygens (including phenoxy) is 1. The largest absolute Gasteiger partial charge is 0.482 e. The third-order valence-corrected chi connectivity index (χ3v) is 4.95. The van der Waals surface area contributed by atoms with Crippen molar-refractivity contribution in [2.45, 2.75) is 20.3 Å². The fourth-order valence-electron chi connectivity index (χ4n) is 2.02. The lowest BCUT2D eigenvalue weighted by molar-refractivity contribution is -0.122. The second kappa shape index (κ2) is 7.44. The molecule has 1 aliphatic rings. The number of hydrogen-bond donors (Lipinski definition) is 1. The van der Waals surface area contributed by atoms with Gasteiger partial charge in [-0.25, -0.2) is 0 Å². The van der Waals surface area contributed by atoms with Crippen molar-refractivity contribution in [2.75, 3.05) is 26.5 Å². The molecule has 0 spiro atoms. The van der Waals surface area contributed by atoms with Crippen molar-refractivity contribution in [1.29, 1.82) is 5.26 Å². The van der Waals surface area contributed by atoms with Crippen molar-refractivity contribution >= 4 is 13.5 Å². The summed E-state index contributed by atoms with van der Waals surface area (Å²) in [6.45, 7) is 3.89. The Kier molecular flexibility index (Phi) is 6.21. The van der Waals surface area contributed by atoms with E-state index in [0.29, 0.717) is 0 Å². The number of amides is 1. The molecule has 1 rings (SSSR count). The Morgan fingerprint density at radius 2 is 2.00 bits per heavy atom. The molecule has 0 saturated carbocycles. The zero-order chi connectivity index (χ0) is 15.2. The van der Waals surface area contributed by atoms with Gasteiger partial charge in [-0.05, 0) is 13.8 Å². The molecule has 0 saturated heterocycles. The van der Waals surface area contributed by atoms with Gasteiger partial charge in [0.15, 0.2) is 0 Å². The summed E-state index contributed by atoms with van der Waals surface area (Å²) >= 11 is 0. The Bertz CT molecular complexity index is 473. The van der Waals surface area contributed by atoms with Crippen molar-refractivity contribution < 1.29 is 23.1 Å². The molecule has 0 fully saturated rings. The van der Waals surface area contributed by atoms with Crippen LogP contribution in [0.1, 0.15) is 20.3 Å². The van der Waals surface area contributed by atoms with Gasteiger partial charge in [-0.2, -0.15) is 5.26 Å². The number of allylic oxidation sites excluding steroid dienone is 1. The summed E-state index contributed by atoms with van der Waals surface area (Å²) in [5.41, 5.74) is 0.256. The number of nitrogens with one attached hydrogen (secondary N) is 1. The molecule has 8 heteroatoms. The van der Waals surface area contributed by atoms with Crippen molar-refractivity contribution in [2.24, 2.45) is 5.92 Å². The number of carbonyl (C=O) groups is 1. The second-order valence-electron chi connectivity index (χ2n) is 4.14. The molecule has 1 aliphatic heterocycles. The smallest absolute Gasteiger partial charge is 0.331 e. The number of methoxy groups -OCH3 is 1. The fraction of sp³-hybridized carbons (Fsp3) is 0.667. The zero-order valence-electron chi connectivity index (χ0n) is 11.8. The van der Waals surface area contributed by atoms with E-state index < -0.39 is 13.5 Å². The molecule has 1 unspecified atom stereocenters. The van der Waals surface area contributed by atoms with Crippen LogP contribution in [0, 0.1) is 17.2 Å². The Balaban J connectivity index is 3.01. The predicted octanol–water partition coefficient (Wildman–Crippen LogP) is 1.77. The second-order valence-corrected chi connectivity index (χ2v) is 6.24. The van der Waals surface area contributed by atoms with Crippen LogP contribution in [0.2, 0.25) is 0 Å². The van der Waals surface area contributed by atoms with Crippen LogP contribution in [0.5, 0.6) is 0 Å². The number of rotatable bonds is 7. The average molecular weight is 302 g/mol. The molecule has 1 amide bonds. The molecule has 0 radical (unpaired) electrons. The quantitative estimate of drug-likeness (QED) is 0.720.